The van der Waals surface area contributed by atoms with Gasteiger partial charge >= 0.3 is 0 Å². The Labute approximate surface area is 147 Å². The quantitative estimate of drug-likeness (QED) is 0.728. The molecule has 1 aromatic carbocycles. The number of halogens is 1. The molecule has 0 N–H and O–H groups in total. The third-order valence-corrected chi connectivity index (χ3v) is 4.93. The van der Waals surface area contributed by atoms with Crippen LogP contribution in [-0.2, 0) is 0 Å². The van der Waals surface area contributed by atoms with Crippen molar-refractivity contribution in [3.63, 3.8) is 0 Å². The number of pyridine rings is 1. The first kappa shape index (κ1) is 16.1. The average Bonchev–Trinajstić information content (AvgIpc) is 3.06. The van der Waals surface area contributed by atoms with Crippen molar-refractivity contribution in [3.8, 4) is 11.3 Å². The Morgan fingerprint density at radius 1 is 1.04 bits per heavy atom. The monoisotopic (exact) mass is 338 g/mol. The van der Waals surface area contributed by atoms with Gasteiger partial charge in [0.15, 0.2) is 0 Å². The summed E-state index contributed by atoms with van der Waals surface area (Å²) in [6, 6.07) is 12.7. The topological polar surface area (TPSA) is 23.8 Å². The lowest BCUT2D eigenvalue weighted by Gasteiger charge is -2.35. The number of alkyl halides is 1. The van der Waals surface area contributed by atoms with Gasteiger partial charge in [0.1, 0.15) is 12.3 Å². The second kappa shape index (κ2) is 6.84. The van der Waals surface area contributed by atoms with E-state index in [1.807, 2.05) is 0 Å². The van der Waals surface area contributed by atoms with E-state index in [0.29, 0.717) is 6.54 Å². The minimum Gasteiger partial charge on any atom is -0.369 e. The number of fused-ring (bicyclic) bond motifs is 1. The zero-order valence-electron chi connectivity index (χ0n) is 14.5. The number of aromatic nitrogens is 2. The summed E-state index contributed by atoms with van der Waals surface area (Å²) in [5.74, 6) is 0. The Morgan fingerprint density at radius 3 is 2.52 bits per heavy atom. The zero-order valence-corrected chi connectivity index (χ0v) is 14.5. The summed E-state index contributed by atoms with van der Waals surface area (Å²) in [6.45, 7) is 6.07. The first-order valence-electron chi connectivity index (χ1n) is 8.82. The van der Waals surface area contributed by atoms with E-state index in [9.17, 15) is 4.39 Å². The van der Waals surface area contributed by atoms with Crippen LogP contribution in [0, 0.1) is 6.92 Å². The summed E-state index contributed by atoms with van der Waals surface area (Å²) in [6.07, 6.45) is 4.15. The van der Waals surface area contributed by atoms with Crippen molar-refractivity contribution in [2.75, 3.05) is 44.3 Å². The molecule has 1 saturated heterocycles. The molecule has 0 amide bonds. The maximum atomic E-state index is 12.5. The number of rotatable bonds is 4. The van der Waals surface area contributed by atoms with Gasteiger partial charge in [-0.3, -0.25) is 4.90 Å². The van der Waals surface area contributed by atoms with Gasteiger partial charge in [-0.2, -0.15) is 0 Å². The maximum Gasteiger partial charge on any atom is 0.139 e. The Bertz CT molecular complexity index is 848. The van der Waals surface area contributed by atoms with Crippen molar-refractivity contribution in [3.05, 3.63) is 54.4 Å². The van der Waals surface area contributed by atoms with E-state index in [2.05, 4.69) is 69.9 Å². The van der Waals surface area contributed by atoms with E-state index in [-0.39, 0.29) is 6.67 Å². The molecular weight excluding hydrogens is 315 g/mol. The SMILES string of the molecule is Cc1ccc(-c2cn3ccc(N4CCN(CCF)CC4)cc3n2)cc1. The van der Waals surface area contributed by atoms with E-state index in [1.165, 1.54) is 11.3 Å². The van der Waals surface area contributed by atoms with Gasteiger partial charge in [-0.15, -0.1) is 0 Å². The molecule has 0 unspecified atom stereocenters. The summed E-state index contributed by atoms with van der Waals surface area (Å²) >= 11 is 0. The van der Waals surface area contributed by atoms with Crippen molar-refractivity contribution >= 4 is 11.3 Å². The van der Waals surface area contributed by atoms with Crippen LogP contribution in [0.25, 0.3) is 16.9 Å². The highest BCUT2D eigenvalue weighted by atomic mass is 19.1. The minimum absolute atomic E-state index is 0.262. The highest BCUT2D eigenvalue weighted by molar-refractivity contribution is 5.65. The van der Waals surface area contributed by atoms with Gasteiger partial charge in [-0.05, 0) is 13.0 Å². The van der Waals surface area contributed by atoms with Crippen molar-refractivity contribution < 1.29 is 4.39 Å². The van der Waals surface area contributed by atoms with Crippen LogP contribution in [0.4, 0.5) is 10.1 Å². The largest absolute Gasteiger partial charge is 0.369 e. The summed E-state index contributed by atoms with van der Waals surface area (Å²) < 4.78 is 14.5. The van der Waals surface area contributed by atoms with Crippen LogP contribution in [0.1, 0.15) is 5.56 Å². The summed E-state index contributed by atoms with van der Waals surface area (Å²) in [7, 11) is 0. The number of imidazole rings is 1. The fraction of sp³-hybridized carbons (Fsp3) is 0.350. The number of benzene rings is 1. The van der Waals surface area contributed by atoms with Gasteiger partial charge in [-0.1, -0.05) is 29.8 Å². The average molecular weight is 338 g/mol. The normalized spacial score (nSPS) is 15.8. The maximum absolute atomic E-state index is 12.5. The lowest BCUT2D eigenvalue weighted by atomic mass is 10.1. The molecule has 0 saturated carbocycles. The fourth-order valence-corrected chi connectivity index (χ4v) is 3.38. The molecule has 0 radical (unpaired) electrons. The van der Waals surface area contributed by atoms with Crippen molar-refractivity contribution in [1.82, 2.24) is 14.3 Å². The summed E-state index contributed by atoms with van der Waals surface area (Å²) in [5.41, 5.74) is 5.52. The van der Waals surface area contributed by atoms with Gasteiger partial charge in [0.2, 0.25) is 0 Å². The van der Waals surface area contributed by atoms with Crippen LogP contribution in [0.15, 0.2) is 48.8 Å². The Balaban J connectivity index is 1.55. The number of anilines is 1. The lowest BCUT2D eigenvalue weighted by molar-refractivity contribution is 0.235. The molecule has 25 heavy (non-hydrogen) atoms. The number of piperazine rings is 1. The predicted molar refractivity (Wildman–Crippen MR) is 100.0 cm³/mol. The van der Waals surface area contributed by atoms with E-state index in [4.69, 9.17) is 4.98 Å². The Hall–Kier alpha value is -2.40. The molecular formula is C20H23FN4. The molecule has 4 nitrogen and oxygen atoms in total. The van der Waals surface area contributed by atoms with E-state index >= 15 is 0 Å². The van der Waals surface area contributed by atoms with Crippen molar-refractivity contribution in [1.29, 1.82) is 0 Å². The molecule has 3 heterocycles. The van der Waals surface area contributed by atoms with Crippen LogP contribution in [0.2, 0.25) is 0 Å². The first-order chi connectivity index (χ1) is 12.2. The molecule has 1 aliphatic rings. The van der Waals surface area contributed by atoms with E-state index < -0.39 is 0 Å². The van der Waals surface area contributed by atoms with Gasteiger partial charge in [0, 0.05) is 62.4 Å². The molecule has 0 bridgehead atoms. The third-order valence-electron chi connectivity index (χ3n) is 4.93. The van der Waals surface area contributed by atoms with Crippen molar-refractivity contribution in [2.45, 2.75) is 6.92 Å². The van der Waals surface area contributed by atoms with Crippen molar-refractivity contribution in [2.24, 2.45) is 0 Å². The summed E-state index contributed by atoms with van der Waals surface area (Å²) in [5, 5.41) is 0. The molecule has 0 spiro atoms. The minimum atomic E-state index is -0.262. The third kappa shape index (κ3) is 3.37. The number of nitrogens with zero attached hydrogens (tertiary/aromatic N) is 4. The molecule has 3 aromatic rings. The molecule has 0 atom stereocenters. The predicted octanol–water partition coefficient (Wildman–Crippen LogP) is 3.40. The second-order valence-electron chi connectivity index (χ2n) is 6.66. The number of hydrogen-bond acceptors (Lipinski definition) is 3. The number of aryl methyl sites for hydroxylation is 1. The molecule has 130 valence electrons. The zero-order chi connectivity index (χ0) is 17.2. The highest BCUT2D eigenvalue weighted by Gasteiger charge is 2.17. The van der Waals surface area contributed by atoms with Gasteiger partial charge in [-0.25, -0.2) is 9.37 Å². The first-order valence-corrected chi connectivity index (χ1v) is 8.82. The van der Waals surface area contributed by atoms with Gasteiger partial charge < -0.3 is 9.30 Å². The second-order valence-corrected chi connectivity index (χ2v) is 6.66. The van der Waals surface area contributed by atoms with E-state index in [0.717, 1.165) is 43.1 Å². The summed E-state index contributed by atoms with van der Waals surface area (Å²) in [4.78, 5) is 9.33. The van der Waals surface area contributed by atoms with Crippen LogP contribution in [-0.4, -0.2) is 53.7 Å². The van der Waals surface area contributed by atoms with Crippen LogP contribution < -0.4 is 4.90 Å². The lowest BCUT2D eigenvalue weighted by Crippen LogP contribution is -2.47. The molecule has 0 aliphatic carbocycles. The molecule has 1 aliphatic heterocycles. The Morgan fingerprint density at radius 2 is 1.80 bits per heavy atom. The molecule has 1 fully saturated rings. The molecule has 4 rings (SSSR count). The van der Waals surface area contributed by atoms with Crippen LogP contribution in [0.3, 0.4) is 0 Å². The molecule has 5 heteroatoms. The smallest absolute Gasteiger partial charge is 0.139 e. The van der Waals surface area contributed by atoms with Gasteiger partial charge in [0.05, 0.1) is 5.69 Å². The highest BCUT2D eigenvalue weighted by Crippen LogP contribution is 2.23. The molecule has 2 aromatic heterocycles. The van der Waals surface area contributed by atoms with Gasteiger partial charge in [0.25, 0.3) is 0 Å². The number of hydrogen-bond donors (Lipinski definition) is 0. The standard InChI is InChI=1S/C20H23FN4/c1-16-2-4-17(5-3-16)19-15-25-8-6-18(14-20(25)22-19)24-12-10-23(9-7-21)11-13-24/h2-6,8,14-15H,7,9-13H2,1H3. The van der Waals surface area contributed by atoms with E-state index in [1.54, 1.807) is 0 Å². The Kier molecular flexibility index (Phi) is 4.40. The van der Waals surface area contributed by atoms with Crippen LogP contribution >= 0.6 is 0 Å². The fourth-order valence-electron chi connectivity index (χ4n) is 3.38. The van der Waals surface area contributed by atoms with Crippen LogP contribution in [0.5, 0.6) is 0 Å².